The number of nitrogens with zero attached hydrogens (tertiary/aromatic N) is 1. The lowest BCUT2D eigenvalue weighted by Crippen LogP contribution is -2.11. The molecule has 1 N–H and O–H groups in total. The van der Waals surface area contributed by atoms with Crippen molar-refractivity contribution in [1.82, 2.24) is 4.98 Å². The van der Waals surface area contributed by atoms with Crippen LogP contribution in [0.3, 0.4) is 0 Å². The molecule has 1 fully saturated rings. The first-order chi connectivity index (χ1) is 9.57. The molecule has 0 saturated heterocycles. The minimum atomic E-state index is -3.22. The molecule has 1 heterocycles. The van der Waals surface area contributed by atoms with Crippen molar-refractivity contribution in [2.75, 3.05) is 18.1 Å². The summed E-state index contributed by atoms with van der Waals surface area (Å²) in [6, 6.07) is 3.26. The summed E-state index contributed by atoms with van der Waals surface area (Å²) >= 11 is 0. The first kappa shape index (κ1) is 15.3. The maximum absolute atomic E-state index is 11.7. The SMILES string of the molecule is CS(=O)(=O)c1cccnc1NCCCC1CCCCC1. The number of sulfone groups is 1. The standard InChI is InChI=1S/C15H24N2O2S/c1-20(18,19)14-10-6-12-17-15(14)16-11-5-9-13-7-3-2-4-8-13/h6,10,12-13H,2-5,7-9,11H2,1H3,(H,16,17). The topological polar surface area (TPSA) is 59.1 Å². The number of rotatable bonds is 6. The molecule has 0 amide bonds. The van der Waals surface area contributed by atoms with Crippen molar-refractivity contribution in [2.24, 2.45) is 5.92 Å². The second-order valence-electron chi connectivity index (χ2n) is 5.70. The Morgan fingerprint density at radius 3 is 2.75 bits per heavy atom. The molecule has 5 heteroatoms. The predicted octanol–water partition coefficient (Wildman–Crippen LogP) is 3.26. The molecule has 1 aliphatic rings. The van der Waals surface area contributed by atoms with Gasteiger partial charge in [-0.2, -0.15) is 0 Å². The molecule has 0 spiro atoms. The molecule has 1 aliphatic carbocycles. The van der Waals surface area contributed by atoms with Crippen LogP contribution in [0.1, 0.15) is 44.9 Å². The van der Waals surface area contributed by atoms with Gasteiger partial charge in [0.1, 0.15) is 10.7 Å². The van der Waals surface area contributed by atoms with Gasteiger partial charge in [-0.05, 0) is 30.9 Å². The van der Waals surface area contributed by atoms with Crippen LogP contribution < -0.4 is 5.32 Å². The Morgan fingerprint density at radius 1 is 1.30 bits per heavy atom. The first-order valence-electron chi connectivity index (χ1n) is 7.46. The van der Waals surface area contributed by atoms with Gasteiger partial charge in [0.05, 0.1) is 0 Å². The third-order valence-electron chi connectivity index (χ3n) is 3.98. The maximum Gasteiger partial charge on any atom is 0.179 e. The molecule has 2 rings (SSSR count). The lowest BCUT2D eigenvalue weighted by molar-refractivity contribution is 0.335. The summed E-state index contributed by atoms with van der Waals surface area (Å²) in [6.07, 6.45) is 12.0. The zero-order valence-electron chi connectivity index (χ0n) is 12.1. The highest BCUT2D eigenvalue weighted by Crippen LogP contribution is 2.27. The van der Waals surface area contributed by atoms with Crippen molar-refractivity contribution in [1.29, 1.82) is 0 Å². The van der Waals surface area contributed by atoms with Gasteiger partial charge in [0, 0.05) is 19.0 Å². The highest BCUT2D eigenvalue weighted by atomic mass is 32.2. The van der Waals surface area contributed by atoms with E-state index in [1.807, 2.05) is 0 Å². The molecule has 1 aromatic heterocycles. The molecule has 0 radical (unpaired) electrons. The molecule has 0 atom stereocenters. The third-order valence-corrected chi connectivity index (χ3v) is 5.10. The van der Waals surface area contributed by atoms with E-state index >= 15 is 0 Å². The summed E-state index contributed by atoms with van der Waals surface area (Å²) in [6.45, 7) is 0.788. The molecular formula is C15H24N2O2S. The van der Waals surface area contributed by atoms with Crippen LogP contribution in [0.15, 0.2) is 23.2 Å². The summed E-state index contributed by atoms with van der Waals surface area (Å²) in [4.78, 5) is 4.43. The van der Waals surface area contributed by atoms with Crippen LogP contribution in [-0.2, 0) is 9.84 Å². The van der Waals surface area contributed by atoms with Gasteiger partial charge in [-0.3, -0.25) is 0 Å². The summed E-state index contributed by atoms with van der Waals surface area (Å²) < 4.78 is 23.3. The minimum absolute atomic E-state index is 0.290. The number of nitrogens with one attached hydrogen (secondary N) is 1. The van der Waals surface area contributed by atoms with Crippen molar-refractivity contribution < 1.29 is 8.42 Å². The zero-order valence-corrected chi connectivity index (χ0v) is 13.0. The van der Waals surface area contributed by atoms with E-state index < -0.39 is 9.84 Å². The predicted molar refractivity (Wildman–Crippen MR) is 81.6 cm³/mol. The van der Waals surface area contributed by atoms with E-state index in [1.54, 1.807) is 18.3 Å². The molecule has 1 saturated carbocycles. The van der Waals surface area contributed by atoms with Gasteiger partial charge in [0.2, 0.25) is 0 Å². The van der Waals surface area contributed by atoms with Crippen LogP contribution in [0.5, 0.6) is 0 Å². The molecule has 1 aromatic rings. The van der Waals surface area contributed by atoms with Crippen LogP contribution in [0.25, 0.3) is 0 Å². The molecule has 112 valence electrons. The summed E-state index contributed by atoms with van der Waals surface area (Å²) in [5.74, 6) is 1.35. The quantitative estimate of drug-likeness (QED) is 0.819. The lowest BCUT2D eigenvalue weighted by Gasteiger charge is -2.21. The molecule has 0 aromatic carbocycles. The molecular weight excluding hydrogens is 272 g/mol. The largest absolute Gasteiger partial charge is 0.369 e. The van der Waals surface area contributed by atoms with Crippen molar-refractivity contribution in [3.8, 4) is 0 Å². The van der Waals surface area contributed by atoms with Crippen molar-refractivity contribution in [3.05, 3.63) is 18.3 Å². The Kier molecular flexibility index (Phi) is 5.40. The van der Waals surface area contributed by atoms with Gasteiger partial charge in [-0.15, -0.1) is 0 Å². The average Bonchev–Trinajstić information content (AvgIpc) is 2.44. The number of pyridine rings is 1. The van der Waals surface area contributed by atoms with E-state index in [1.165, 1.54) is 44.8 Å². The van der Waals surface area contributed by atoms with E-state index in [0.29, 0.717) is 5.82 Å². The van der Waals surface area contributed by atoms with Crippen molar-refractivity contribution >= 4 is 15.7 Å². The zero-order chi connectivity index (χ0) is 14.4. The molecule has 0 bridgehead atoms. The van der Waals surface area contributed by atoms with E-state index in [2.05, 4.69) is 10.3 Å². The fourth-order valence-corrected chi connectivity index (χ4v) is 3.70. The smallest absolute Gasteiger partial charge is 0.179 e. The highest BCUT2D eigenvalue weighted by molar-refractivity contribution is 7.90. The van der Waals surface area contributed by atoms with Crippen LogP contribution >= 0.6 is 0 Å². The maximum atomic E-state index is 11.7. The number of hydrogen-bond donors (Lipinski definition) is 1. The Balaban J connectivity index is 1.82. The van der Waals surface area contributed by atoms with Crippen LogP contribution in [-0.4, -0.2) is 26.2 Å². The van der Waals surface area contributed by atoms with Gasteiger partial charge >= 0.3 is 0 Å². The van der Waals surface area contributed by atoms with Crippen LogP contribution in [0, 0.1) is 5.92 Å². The fourth-order valence-electron chi connectivity index (χ4n) is 2.90. The number of anilines is 1. The van der Waals surface area contributed by atoms with Gasteiger partial charge in [0.25, 0.3) is 0 Å². The second kappa shape index (κ2) is 7.07. The Morgan fingerprint density at radius 2 is 2.05 bits per heavy atom. The van der Waals surface area contributed by atoms with Crippen LogP contribution in [0.4, 0.5) is 5.82 Å². The van der Waals surface area contributed by atoms with Gasteiger partial charge in [-0.25, -0.2) is 13.4 Å². The molecule has 0 unspecified atom stereocenters. The van der Waals surface area contributed by atoms with Crippen molar-refractivity contribution in [2.45, 2.75) is 49.8 Å². The summed E-state index contributed by atoms with van der Waals surface area (Å²) in [5, 5.41) is 3.17. The Labute approximate surface area is 121 Å². The van der Waals surface area contributed by atoms with Crippen molar-refractivity contribution in [3.63, 3.8) is 0 Å². The highest BCUT2D eigenvalue weighted by Gasteiger charge is 2.15. The van der Waals surface area contributed by atoms with Gasteiger partial charge in [-0.1, -0.05) is 32.1 Å². The minimum Gasteiger partial charge on any atom is -0.369 e. The second-order valence-corrected chi connectivity index (χ2v) is 7.68. The van der Waals surface area contributed by atoms with Crippen LogP contribution in [0.2, 0.25) is 0 Å². The van der Waals surface area contributed by atoms with E-state index in [0.717, 1.165) is 18.9 Å². The molecule has 20 heavy (non-hydrogen) atoms. The first-order valence-corrected chi connectivity index (χ1v) is 9.35. The Bertz CT molecular complexity index is 522. The average molecular weight is 296 g/mol. The Hall–Kier alpha value is -1.10. The number of hydrogen-bond acceptors (Lipinski definition) is 4. The fraction of sp³-hybridized carbons (Fsp3) is 0.667. The van der Waals surface area contributed by atoms with E-state index in [-0.39, 0.29) is 4.90 Å². The molecule has 0 aliphatic heterocycles. The van der Waals surface area contributed by atoms with Gasteiger partial charge < -0.3 is 5.32 Å². The van der Waals surface area contributed by atoms with E-state index in [9.17, 15) is 8.42 Å². The number of aromatic nitrogens is 1. The lowest BCUT2D eigenvalue weighted by atomic mass is 9.86. The normalized spacial score (nSPS) is 17.1. The van der Waals surface area contributed by atoms with Gasteiger partial charge in [0.15, 0.2) is 9.84 Å². The molecule has 4 nitrogen and oxygen atoms in total. The summed E-state index contributed by atoms with van der Waals surface area (Å²) in [5.41, 5.74) is 0. The monoisotopic (exact) mass is 296 g/mol. The summed E-state index contributed by atoms with van der Waals surface area (Å²) in [7, 11) is -3.22. The third kappa shape index (κ3) is 4.47. The van der Waals surface area contributed by atoms with E-state index in [4.69, 9.17) is 0 Å².